The molecule has 0 atom stereocenters. The second kappa shape index (κ2) is 7.69. The predicted octanol–water partition coefficient (Wildman–Crippen LogP) is 1.46. The van der Waals surface area contributed by atoms with Crippen molar-refractivity contribution >= 4 is 9.84 Å². The molecule has 0 spiro atoms. The van der Waals surface area contributed by atoms with Crippen molar-refractivity contribution in [2.75, 3.05) is 34.1 Å². The maximum Gasteiger partial charge on any atom is 0.246 e. The van der Waals surface area contributed by atoms with Crippen LogP contribution >= 0.6 is 0 Å². The van der Waals surface area contributed by atoms with E-state index in [1.807, 2.05) is 12.1 Å². The summed E-state index contributed by atoms with van der Waals surface area (Å²) in [5.74, 6) is 1.80. The lowest BCUT2D eigenvalue weighted by Crippen LogP contribution is -2.31. The molecule has 2 aromatic rings. The number of fused-ring (bicyclic) bond motifs is 1. The molecule has 1 aromatic heterocycles. The lowest BCUT2D eigenvalue weighted by atomic mass is 10.1. The highest BCUT2D eigenvalue weighted by molar-refractivity contribution is 7.90. The fraction of sp³-hybridized carbons (Fsp3) is 0.444. The summed E-state index contributed by atoms with van der Waals surface area (Å²) in [6, 6.07) is 3.86. The fourth-order valence-electron chi connectivity index (χ4n) is 3.15. The van der Waals surface area contributed by atoms with Gasteiger partial charge in [-0.25, -0.2) is 18.4 Å². The van der Waals surface area contributed by atoms with Gasteiger partial charge in [0.25, 0.3) is 0 Å². The van der Waals surface area contributed by atoms with E-state index in [0.717, 1.165) is 29.6 Å². The third-order valence-electron chi connectivity index (χ3n) is 4.45. The fourth-order valence-corrected chi connectivity index (χ4v) is 3.67. The minimum absolute atomic E-state index is 0.112. The average Bonchev–Trinajstić information content (AvgIpc) is 2.65. The number of hydrogen-bond donors (Lipinski definition) is 0. The van der Waals surface area contributed by atoms with E-state index in [-0.39, 0.29) is 5.16 Å². The lowest BCUT2D eigenvalue weighted by Gasteiger charge is -2.28. The van der Waals surface area contributed by atoms with Gasteiger partial charge in [-0.1, -0.05) is 0 Å². The number of nitrogens with zero attached hydrogens (tertiary/aromatic N) is 3. The topological polar surface area (TPSA) is 90.9 Å². The van der Waals surface area contributed by atoms with Gasteiger partial charge in [0, 0.05) is 44.1 Å². The molecule has 1 aromatic carbocycles. The molecule has 0 radical (unpaired) electrons. The summed E-state index contributed by atoms with van der Waals surface area (Å²) in [6.07, 6.45) is 3.40. The number of hydrogen-bond acceptors (Lipinski definition) is 8. The van der Waals surface area contributed by atoms with Gasteiger partial charge < -0.3 is 14.2 Å². The molecule has 0 fully saturated rings. The standard InChI is InChI=1S/C18H23N3O5S/c1-24-15-7-12(8-16(25-2)17(15)26-3)10-21-6-5-14-13(11-21)9-19-18(20-14)27(4,22)23/h7-9H,5-6,10-11H2,1-4H3. The number of ether oxygens (including phenoxy) is 3. The monoisotopic (exact) mass is 393 g/mol. The van der Waals surface area contributed by atoms with Gasteiger partial charge in [-0.15, -0.1) is 0 Å². The van der Waals surface area contributed by atoms with Gasteiger partial charge in [0.2, 0.25) is 20.7 Å². The number of sulfone groups is 1. The third kappa shape index (κ3) is 4.14. The van der Waals surface area contributed by atoms with Crippen LogP contribution in [0.3, 0.4) is 0 Å². The smallest absolute Gasteiger partial charge is 0.246 e. The van der Waals surface area contributed by atoms with E-state index in [4.69, 9.17) is 14.2 Å². The Kier molecular flexibility index (Phi) is 5.52. The van der Waals surface area contributed by atoms with Gasteiger partial charge in [0.15, 0.2) is 11.5 Å². The van der Waals surface area contributed by atoms with Crippen molar-refractivity contribution < 1.29 is 22.6 Å². The van der Waals surface area contributed by atoms with Crippen molar-refractivity contribution in [1.29, 1.82) is 0 Å². The van der Waals surface area contributed by atoms with Gasteiger partial charge in [-0.3, -0.25) is 4.90 Å². The second-order valence-corrected chi connectivity index (χ2v) is 8.30. The van der Waals surface area contributed by atoms with Gasteiger partial charge in [-0.2, -0.15) is 0 Å². The third-order valence-corrected chi connectivity index (χ3v) is 5.31. The number of benzene rings is 1. The van der Waals surface area contributed by atoms with Crippen molar-refractivity contribution in [1.82, 2.24) is 14.9 Å². The zero-order valence-electron chi connectivity index (χ0n) is 15.9. The molecule has 2 heterocycles. The predicted molar refractivity (Wildman–Crippen MR) is 99.1 cm³/mol. The molecule has 0 bridgehead atoms. The van der Waals surface area contributed by atoms with Crippen molar-refractivity contribution in [3.63, 3.8) is 0 Å². The lowest BCUT2D eigenvalue weighted by molar-refractivity contribution is 0.240. The minimum atomic E-state index is -3.40. The zero-order chi connectivity index (χ0) is 19.6. The highest BCUT2D eigenvalue weighted by Gasteiger charge is 2.22. The van der Waals surface area contributed by atoms with Crippen LogP contribution in [0.1, 0.15) is 16.8 Å². The minimum Gasteiger partial charge on any atom is -0.493 e. The van der Waals surface area contributed by atoms with E-state index in [2.05, 4.69) is 14.9 Å². The van der Waals surface area contributed by atoms with Crippen molar-refractivity contribution in [3.05, 3.63) is 35.2 Å². The molecule has 0 saturated heterocycles. The first-order chi connectivity index (χ1) is 12.9. The zero-order valence-corrected chi connectivity index (χ0v) is 16.7. The van der Waals surface area contributed by atoms with Crippen molar-refractivity contribution in [3.8, 4) is 17.2 Å². The van der Waals surface area contributed by atoms with Gasteiger partial charge in [-0.05, 0) is 17.7 Å². The number of aromatic nitrogens is 2. The van der Waals surface area contributed by atoms with Crippen LogP contribution in [0.2, 0.25) is 0 Å². The summed E-state index contributed by atoms with van der Waals surface area (Å²) in [6.45, 7) is 2.10. The largest absolute Gasteiger partial charge is 0.493 e. The van der Waals surface area contributed by atoms with E-state index < -0.39 is 9.84 Å². The van der Waals surface area contributed by atoms with E-state index in [1.54, 1.807) is 27.5 Å². The maximum absolute atomic E-state index is 11.6. The molecule has 9 heteroatoms. The Balaban J connectivity index is 1.81. The molecule has 0 saturated carbocycles. The summed E-state index contributed by atoms with van der Waals surface area (Å²) >= 11 is 0. The molecule has 8 nitrogen and oxygen atoms in total. The van der Waals surface area contributed by atoms with E-state index >= 15 is 0 Å². The Morgan fingerprint density at radius 2 is 1.78 bits per heavy atom. The Morgan fingerprint density at radius 1 is 1.11 bits per heavy atom. The van der Waals surface area contributed by atoms with E-state index in [9.17, 15) is 8.42 Å². The Hall–Kier alpha value is -2.39. The van der Waals surface area contributed by atoms with Crippen LogP contribution in [0.15, 0.2) is 23.5 Å². The van der Waals surface area contributed by atoms with Crippen LogP contribution in [-0.4, -0.2) is 57.4 Å². The van der Waals surface area contributed by atoms with Crippen molar-refractivity contribution in [2.24, 2.45) is 0 Å². The maximum atomic E-state index is 11.6. The Labute approximate surface area is 159 Å². The first-order valence-corrected chi connectivity index (χ1v) is 10.3. The van der Waals surface area contributed by atoms with Crippen LogP contribution in [0, 0.1) is 0 Å². The summed E-state index contributed by atoms with van der Waals surface area (Å²) < 4.78 is 39.4. The second-order valence-electron chi connectivity index (χ2n) is 6.39. The Morgan fingerprint density at radius 3 is 2.33 bits per heavy atom. The highest BCUT2D eigenvalue weighted by Crippen LogP contribution is 2.38. The van der Waals surface area contributed by atoms with Crippen LogP contribution in [0.25, 0.3) is 0 Å². The summed E-state index contributed by atoms with van der Waals surface area (Å²) in [7, 11) is 1.36. The molecule has 1 aliphatic rings. The first kappa shape index (κ1) is 19.4. The van der Waals surface area contributed by atoms with Crippen LogP contribution in [-0.2, 0) is 29.3 Å². The van der Waals surface area contributed by atoms with Crippen LogP contribution in [0.5, 0.6) is 17.2 Å². The molecule has 0 amide bonds. The Bertz CT molecular complexity index is 921. The summed E-state index contributed by atoms with van der Waals surface area (Å²) in [4.78, 5) is 10.5. The molecule has 27 heavy (non-hydrogen) atoms. The molecule has 146 valence electrons. The van der Waals surface area contributed by atoms with Gasteiger partial charge in [0.05, 0.1) is 27.0 Å². The molecule has 0 N–H and O–H groups in total. The normalized spacial score (nSPS) is 14.5. The average molecular weight is 393 g/mol. The SMILES string of the molecule is COc1cc(CN2CCc3nc(S(C)(=O)=O)ncc3C2)cc(OC)c1OC. The molecule has 1 aliphatic heterocycles. The van der Waals surface area contributed by atoms with Gasteiger partial charge in [0.1, 0.15) is 0 Å². The molecule has 0 unspecified atom stereocenters. The van der Waals surface area contributed by atoms with Crippen LogP contribution in [0.4, 0.5) is 0 Å². The summed E-state index contributed by atoms with van der Waals surface area (Å²) in [5, 5.41) is -0.112. The molecular weight excluding hydrogens is 370 g/mol. The number of rotatable bonds is 6. The summed E-state index contributed by atoms with van der Waals surface area (Å²) in [5.41, 5.74) is 2.77. The van der Waals surface area contributed by atoms with Gasteiger partial charge >= 0.3 is 0 Å². The molecular formula is C18H23N3O5S. The quantitative estimate of drug-likeness (QED) is 0.682. The van der Waals surface area contributed by atoms with Crippen molar-refractivity contribution in [2.45, 2.75) is 24.7 Å². The molecule has 0 aliphatic carbocycles. The van der Waals surface area contributed by atoms with E-state index in [1.165, 1.54) is 0 Å². The number of methoxy groups -OCH3 is 3. The first-order valence-electron chi connectivity index (χ1n) is 8.41. The highest BCUT2D eigenvalue weighted by atomic mass is 32.2. The molecule has 3 rings (SSSR count). The van der Waals surface area contributed by atoms with E-state index in [0.29, 0.717) is 36.8 Å². The van der Waals surface area contributed by atoms with Crippen LogP contribution < -0.4 is 14.2 Å².